The van der Waals surface area contributed by atoms with Gasteiger partial charge in [-0.25, -0.2) is 4.39 Å². The van der Waals surface area contributed by atoms with Crippen LogP contribution in [0.1, 0.15) is 69.4 Å². The summed E-state index contributed by atoms with van der Waals surface area (Å²) in [6.45, 7) is 0.0200. The number of nitrogen functional groups attached to an aromatic ring is 1. The van der Waals surface area contributed by atoms with E-state index in [1.54, 1.807) is 31.4 Å². The minimum absolute atomic E-state index is 0.00936. The molecule has 1 saturated carbocycles. The predicted octanol–water partition coefficient (Wildman–Crippen LogP) is 3.80. The smallest absolute Gasteiger partial charge is 0.270 e. The van der Waals surface area contributed by atoms with E-state index in [1.165, 1.54) is 29.2 Å². The summed E-state index contributed by atoms with van der Waals surface area (Å²) in [7, 11) is 1.55. The maximum atomic E-state index is 14.0. The van der Waals surface area contributed by atoms with E-state index >= 15 is 0 Å². The van der Waals surface area contributed by atoms with Crippen LogP contribution in [-0.4, -0.2) is 40.1 Å². The van der Waals surface area contributed by atoms with Gasteiger partial charge in [0, 0.05) is 12.6 Å². The SMILES string of the molecule is COc1ccc(CN(C(=O)c2snc(C(N)=O)c2N)C(C(=O)NC2CCCCC2)c2ccc(F)cc2)cc1. The number of nitrogens with one attached hydrogen (secondary N) is 1. The van der Waals surface area contributed by atoms with E-state index in [-0.39, 0.29) is 34.8 Å². The van der Waals surface area contributed by atoms with Crippen LogP contribution in [0.3, 0.4) is 0 Å². The molecule has 1 aliphatic carbocycles. The van der Waals surface area contributed by atoms with Crippen molar-refractivity contribution in [2.75, 3.05) is 12.8 Å². The van der Waals surface area contributed by atoms with E-state index < -0.39 is 23.7 Å². The maximum Gasteiger partial charge on any atom is 0.270 e. The molecule has 3 aromatic rings. The van der Waals surface area contributed by atoms with Crippen molar-refractivity contribution in [3.05, 3.63) is 76.0 Å². The van der Waals surface area contributed by atoms with Gasteiger partial charge in [-0.2, -0.15) is 4.37 Å². The summed E-state index contributed by atoms with van der Waals surface area (Å²) in [5, 5.41) is 3.10. The number of amides is 3. The van der Waals surface area contributed by atoms with Crippen molar-refractivity contribution in [3.63, 3.8) is 0 Å². The molecular formula is C27H30FN5O4S. The van der Waals surface area contributed by atoms with Gasteiger partial charge in [0.1, 0.15) is 22.5 Å². The fourth-order valence-corrected chi connectivity index (χ4v) is 5.37. The summed E-state index contributed by atoms with van der Waals surface area (Å²) in [5.41, 5.74) is 12.3. The third-order valence-electron chi connectivity index (χ3n) is 6.63. The van der Waals surface area contributed by atoms with E-state index in [0.29, 0.717) is 11.3 Å². The van der Waals surface area contributed by atoms with Crippen LogP contribution in [0.25, 0.3) is 0 Å². The Kier molecular flexibility index (Phi) is 8.57. The van der Waals surface area contributed by atoms with Gasteiger partial charge in [-0.15, -0.1) is 0 Å². The Hall–Kier alpha value is -3.99. The van der Waals surface area contributed by atoms with Gasteiger partial charge in [-0.1, -0.05) is 43.5 Å². The van der Waals surface area contributed by atoms with Gasteiger partial charge in [0.25, 0.3) is 11.8 Å². The van der Waals surface area contributed by atoms with Crippen molar-refractivity contribution in [1.29, 1.82) is 0 Å². The zero-order valence-corrected chi connectivity index (χ0v) is 21.8. The number of benzene rings is 2. The fourth-order valence-electron chi connectivity index (χ4n) is 4.61. The molecule has 0 aliphatic heterocycles. The van der Waals surface area contributed by atoms with E-state index in [2.05, 4.69) is 9.69 Å². The highest BCUT2D eigenvalue weighted by Crippen LogP contribution is 2.31. The van der Waals surface area contributed by atoms with Crippen LogP contribution in [0, 0.1) is 5.82 Å². The standard InChI is InChI=1S/C27H30FN5O4S/c1-37-20-13-7-16(8-14-20)15-33(27(36)24-21(29)22(25(30)34)32-38-24)23(17-9-11-18(28)12-10-17)26(35)31-19-5-3-2-4-6-19/h7-14,19,23H,2-6,15,29H2,1H3,(H2,30,34)(H,31,35). The van der Waals surface area contributed by atoms with Crippen molar-refractivity contribution in [2.24, 2.45) is 5.73 Å². The van der Waals surface area contributed by atoms with Crippen molar-refractivity contribution in [3.8, 4) is 5.75 Å². The lowest BCUT2D eigenvalue weighted by atomic mass is 9.94. The first-order valence-corrected chi connectivity index (χ1v) is 13.1. The van der Waals surface area contributed by atoms with Gasteiger partial charge < -0.3 is 26.4 Å². The molecule has 1 atom stereocenters. The second-order valence-electron chi connectivity index (χ2n) is 9.22. The van der Waals surface area contributed by atoms with Gasteiger partial charge >= 0.3 is 0 Å². The number of carbonyl (C=O) groups is 3. The first-order chi connectivity index (χ1) is 18.3. The second-order valence-corrected chi connectivity index (χ2v) is 9.99. The molecule has 2 aromatic carbocycles. The molecule has 3 amide bonds. The number of nitrogens with two attached hydrogens (primary N) is 2. The summed E-state index contributed by atoms with van der Waals surface area (Å²) in [6.07, 6.45) is 4.82. The van der Waals surface area contributed by atoms with Crippen molar-refractivity contribution < 1.29 is 23.5 Å². The molecule has 1 unspecified atom stereocenters. The number of aromatic nitrogens is 1. The Labute approximate surface area is 224 Å². The third kappa shape index (κ3) is 6.10. The lowest BCUT2D eigenvalue weighted by molar-refractivity contribution is -0.127. The van der Waals surface area contributed by atoms with E-state index in [9.17, 15) is 18.8 Å². The fraction of sp³-hybridized carbons (Fsp3) is 0.333. The first-order valence-electron chi connectivity index (χ1n) is 12.3. The molecule has 1 aromatic heterocycles. The minimum Gasteiger partial charge on any atom is -0.497 e. The Bertz CT molecular complexity index is 1290. The average Bonchev–Trinajstić information content (AvgIpc) is 3.31. The number of hydrogen-bond acceptors (Lipinski definition) is 7. The lowest BCUT2D eigenvalue weighted by Crippen LogP contribution is -2.46. The highest BCUT2D eigenvalue weighted by atomic mass is 32.1. The van der Waals surface area contributed by atoms with E-state index in [4.69, 9.17) is 16.2 Å². The highest BCUT2D eigenvalue weighted by Gasteiger charge is 2.36. The molecule has 5 N–H and O–H groups in total. The molecular weight excluding hydrogens is 509 g/mol. The summed E-state index contributed by atoms with van der Waals surface area (Å²) >= 11 is 0.741. The monoisotopic (exact) mass is 539 g/mol. The number of carbonyl (C=O) groups excluding carboxylic acids is 3. The Morgan fingerprint density at radius 2 is 1.76 bits per heavy atom. The molecule has 0 saturated heterocycles. The Morgan fingerprint density at radius 1 is 1.11 bits per heavy atom. The number of ether oxygens (including phenoxy) is 1. The van der Waals surface area contributed by atoms with Crippen LogP contribution < -0.4 is 21.5 Å². The minimum atomic E-state index is -1.11. The molecule has 0 spiro atoms. The topological polar surface area (TPSA) is 141 Å². The van der Waals surface area contributed by atoms with Crippen molar-refractivity contribution >= 4 is 34.9 Å². The number of primary amides is 1. The number of halogens is 1. The predicted molar refractivity (Wildman–Crippen MR) is 142 cm³/mol. The number of hydrogen-bond donors (Lipinski definition) is 3. The summed E-state index contributed by atoms with van der Waals surface area (Å²) in [5.74, 6) is -1.68. The first kappa shape index (κ1) is 27.1. The number of methoxy groups -OCH3 is 1. The van der Waals surface area contributed by atoms with Crippen LogP contribution in [0.2, 0.25) is 0 Å². The molecule has 38 heavy (non-hydrogen) atoms. The molecule has 0 bridgehead atoms. The van der Waals surface area contributed by atoms with Crippen LogP contribution >= 0.6 is 11.5 Å². The van der Waals surface area contributed by atoms with Gasteiger partial charge in [-0.05, 0) is 59.8 Å². The molecule has 4 rings (SSSR count). The Balaban J connectivity index is 1.77. The molecule has 1 aliphatic rings. The average molecular weight is 540 g/mol. The molecule has 0 radical (unpaired) electrons. The molecule has 1 fully saturated rings. The number of nitrogens with zero attached hydrogens (tertiary/aromatic N) is 2. The van der Waals surface area contributed by atoms with E-state index in [1.807, 2.05) is 0 Å². The second kappa shape index (κ2) is 12.0. The quantitative estimate of drug-likeness (QED) is 0.378. The molecule has 11 heteroatoms. The molecule has 1 heterocycles. The van der Waals surface area contributed by atoms with Gasteiger partial charge in [0.05, 0.1) is 12.8 Å². The summed E-state index contributed by atoms with van der Waals surface area (Å²) in [4.78, 5) is 40.9. The molecule has 9 nitrogen and oxygen atoms in total. The third-order valence-corrected chi connectivity index (χ3v) is 7.48. The lowest BCUT2D eigenvalue weighted by Gasteiger charge is -2.33. The van der Waals surface area contributed by atoms with Crippen LogP contribution in [0.15, 0.2) is 48.5 Å². The zero-order valence-electron chi connectivity index (χ0n) is 21.0. The van der Waals surface area contributed by atoms with Gasteiger partial charge in [-0.3, -0.25) is 14.4 Å². The largest absolute Gasteiger partial charge is 0.497 e. The van der Waals surface area contributed by atoms with E-state index in [0.717, 1.165) is 49.2 Å². The number of rotatable bonds is 9. The Morgan fingerprint density at radius 3 is 2.34 bits per heavy atom. The van der Waals surface area contributed by atoms with Crippen molar-refractivity contribution in [1.82, 2.24) is 14.6 Å². The summed E-state index contributed by atoms with van der Waals surface area (Å²) < 4.78 is 23.0. The molecule has 200 valence electrons. The van der Waals surface area contributed by atoms with Gasteiger partial charge in [0.2, 0.25) is 5.91 Å². The van der Waals surface area contributed by atoms with Gasteiger partial charge in [0.15, 0.2) is 5.69 Å². The maximum absolute atomic E-state index is 14.0. The summed E-state index contributed by atoms with van der Waals surface area (Å²) in [6, 6.07) is 11.4. The van der Waals surface area contributed by atoms with Crippen LogP contribution in [0.4, 0.5) is 10.1 Å². The normalized spacial score (nSPS) is 14.5. The van der Waals surface area contributed by atoms with Crippen molar-refractivity contribution in [2.45, 2.75) is 50.7 Å². The zero-order chi connectivity index (χ0) is 27.2. The highest BCUT2D eigenvalue weighted by molar-refractivity contribution is 7.09. The number of anilines is 1. The van der Waals surface area contributed by atoms with Crippen LogP contribution in [-0.2, 0) is 11.3 Å². The van der Waals surface area contributed by atoms with Crippen LogP contribution in [0.5, 0.6) is 5.75 Å².